The lowest BCUT2D eigenvalue weighted by Gasteiger charge is -2.33. The van der Waals surface area contributed by atoms with E-state index in [1.165, 1.54) is 5.56 Å². The normalized spacial score (nSPS) is 20.4. The molecule has 0 aliphatic heterocycles. The summed E-state index contributed by atoms with van der Waals surface area (Å²) in [7, 11) is -3.49. The molecular formula is C30H34N2O3S. The number of fused-ring (bicyclic) bond motifs is 3. The van der Waals surface area contributed by atoms with E-state index in [-0.39, 0.29) is 11.8 Å². The molecule has 188 valence electrons. The maximum absolute atomic E-state index is 14.2. The maximum atomic E-state index is 14.2. The predicted octanol–water partition coefficient (Wildman–Crippen LogP) is 4.94. The van der Waals surface area contributed by atoms with E-state index in [0.29, 0.717) is 19.4 Å². The lowest BCUT2D eigenvalue weighted by Crippen LogP contribution is -2.46. The number of benzene rings is 3. The Morgan fingerprint density at radius 2 is 1.39 bits per heavy atom. The summed E-state index contributed by atoms with van der Waals surface area (Å²) in [5.41, 5.74) is 4.97. The third-order valence-corrected chi connectivity index (χ3v) is 9.52. The zero-order valence-corrected chi connectivity index (χ0v) is 21.3. The first kappa shape index (κ1) is 24.7. The lowest BCUT2D eigenvalue weighted by molar-refractivity contribution is -0.125. The van der Waals surface area contributed by atoms with Crippen LogP contribution in [0.1, 0.15) is 55.2 Å². The quantitative estimate of drug-likeness (QED) is 0.457. The van der Waals surface area contributed by atoms with Crippen LogP contribution in [-0.2, 0) is 26.7 Å². The van der Waals surface area contributed by atoms with Crippen LogP contribution in [0.4, 0.5) is 0 Å². The largest absolute Gasteiger partial charge is 0.355 e. The molecule has 0 atom stereocenters. The standard InChI is InChI=1S/C30H34N2O3S/c31-36(34,35)24-18-16-23(17-19-24)21-32-29(33)30(20-8-11-22-9-2-1-3-10-22)27-14-6-4-12-25(27)26-13-5-7-15-28(26)30/h1-7,9-10,12-15,23-24H,8,11,16-21H2,(H,32,33)(H2,31,34,35). The Morgan fingerprint density at radius 1 is 0.833 bits per heavy atom. The average molecular weight is 503 g/mol. The van der Waals surface area contributed by atoms with Crippen LogP contribution in [-0.4, -0.2) is 26.1 Å². The molecule has 1 saturated carbocycles. The van der Waals surface area contributed by atoms with Gasteiger partial charge >= 0.3 is 0 Å². The summed E-state index contributed by atoms with van der Waals surface area (Å²) in [6.45, 7) is 0.556. The van der Waals surface area contributed by atoms with E-state index in [2.05, 4.69) is 53.8 Å². The highest BCUT2D eigenvalue weighted by Crippen LogP contribution is 2.51. The van der Waals surface area contributed by atoms with Gasteiger partial charge in [-0.1, -0.05) is 78.9 Å². The molecule has 3 N–H and O–H groups in total. The Bertz CT molecular complexity index is 1280. The van der Waals surface area contributed by atoms with Crippen LogP contribution in [0, 0.1) is 5.92 Å². The number of carbonyl (C=O) groups is 1. The van der Waals surface area contributed by atoms with Crippen LogP contribution in [0.15, 0.2) is 78.9 Å². The van der Waals surface area contributed by atoms with Crippen molar-refractivity contribution in [2.24, 2.45) is 11.1 Å². The fourth-order valence-corrected chi connectivity index (χ4v) is 7.14. The number of amides is 1. The van der Waals surface area contributed by atoms with Crippen LogP contribution < -0.4 is 10.5 Å². The van der Waals surface area contributed by atoms with Crippen LogP contribution in [0.5, 0.6) is 0 Å². The second-order valence-electron chi connectivity index (χ2n) is 10.3. The van der Waals surface area contributed by atoms with Crippen molar-refractivity contribution < 1.29 is 13.2 Å². The molecule has 2 aliphatic rings. The molecule has 0 unspecified atom stereocenters. The fourth-order valence-electron chi connectivity index (χ4n) is 6.21. The van der Waals surface area contributed by atoms with Gasteiger partial charge in [0.05, 0.1) is 5.25 Å². The number of hydrogen-bond donors (Lipinski definition) is 2. The zero-order chi connectivity index (χ0) is 25.2. The van der Waals surface area contributed by atoms with E-state index in [0.717, 1.165) is 54.4 Å². The molecule has 0 aromatic heterocycles. The molecular weight excluding hydrogens is 468 g/mol. The number of sulfonamides is 1. The van der Waals surface area contributed by atoms with Crippen molar-refractivity contribution in [3.05, 3.63) is 95.6 Å². The van der Waals surface area contributed by atoms with E-state index in [1.54, 1.807) is 0 Å². The first-order valence-electron chi connectivity index (χ1n) is 12.9. The minimum Gasteiger partial charge on any atom is -0.355 e. The molecule has 3 aromatic rings. The molecule has 5 rings (SSSR count). The van der Waals surface area contributed by atoms with Crippen LogP contribution in [0.3, 0.4) is 0 Å². The number of rotatable bonds is 8. The summed E-state index contributed by atoms with van der Waals surface area (Å²) in [5, 5.41) is 8.20. The fraction of sp³-hybridized carbons (Fsp3) is 0.367. The van der Waals surface area contributed by atoms with Gasteiger partial charge in [0.1, 0.15) is 5.41 Å². The third-order valence-electron chi connectivity index (χ3n) is 8.12. The van der Waals surface area contributed by atoms with Crippen molar-refractivity contribution in [3.8, 4) is 11.1 Å². The summed E-state index contributed by atoms with van der Waals surface area (Å²) >= 11 is 0. The first-order chi connectivity index (χ1) is 17.4. The minimum absolute atomic E-state index is 0.0431. The Hall–Kier alpha value is -2.96. The van der Waals surface area contributed by atoms with Crippen molar-refractivity contribution >= 4 is 15.9 Å². The van der Waals surface area contributed by atoms with Crippen molar-refractivity contribution in [3.63, 3.8) is 0 Å². The maximum Gasteiger partial charge on any atom is 0.235 e. The van der Waals surface area contributed by atoms with Gasteiger partial charge in [0.25, 0.3) is 0 Å². The predicted molar refractivity (Wildman–Crippen MR) is 144 cm³/mol. The van der Waals surface area contributed by atoms with Gasteiger partial charge in [0, 0.05) is 6.54 Å². The number of primary sulfonamides is 1. The number of carbonyl (C=O) groups excluding carboxylic acids is 1. The highest BCUT2D eigenvalue weighted by Gasteiger charge is 2.48. The van der Waals surface area contributed by atoms with Crippen molar-refractivity contribution in [2.75, 3.05) is 6.54 Å². The number of hydrogen-bond acceptors (Lipinski definition) is 3. The van der Waals surface area contributed by atoms with Gasteiger partial charge in [-0.05, 0) is 78.7 Å². The molecule has 1 fully saturated rings. The van der Waals surface area contributed by atoms with E-state index in [1.807, 2.05) is 30.3 Å². The SMILES string of the molecule is NS(=O)(=O)C1CCC(CNC(=O)C2(CCCc3ccccc3)c3ccccc3-c3ccccc32)CC1. The van der Waals surface area contributed by atoms with E-state index < -0.39 is 20.7 Å². The van der Waals surface area contributed by atoms with E-state index >= 15 is 0 Å². The molecule has 0 radical (unpaired) electrons. The van der Waals surface area contributed by atoms with E-state index in [9.17, 15) is 13.2 Å². The molecule has 5 nitrogen and oxygen atoms in total. The summed E-state index contributed by atoms with van der Waals surface area (Å²) in [6.07, 6.45) is 5.17. The van der Waals surface area contributed by atoms with Gasteiger partial charge in [0.15, 0.2) is 0 Å². The molecule has 36 heavy (non-hydrogen) atoms. The highest BCUT2D eigenvalue weighted by atomic mass is 32.2. The topological polar surface area (TPSA) is 89.3 Å². The number of aryl methyl sites for hydroxylation is 1. The van der Waals surface area contributed by atoms with Crippen LogP contribution in [0.25, 0.3) is 11.1 Å². The Morgan fingerprint density at radius 3 is 1.97 bits per heavy atom. The van der Waals surface area contributed by atoms with Gasteiger partial charge in [0.2, 0.25) is 15.9 Å². The summed E-state index contributed by atoms with van der Waals surface area (Å²) in [5.74, 6) is 0.307. The summed E-state index contributed by atoms with van der Waals surface area (Å²) in [6, 6.07) is 27.0. The molecule has 1 amide bonds. The van der Waals surface area contributed by atoms with Gasteiger partial charge in [-0.25, -0.2) is 13.6 Å². The van der Waals surface area contributed by atoms with Gasteiger partial charge in [-0.3, -0.25) is 4.79 Å². The zero-order valence-electron chi connectivity index (χ0n) is 20.5. The van der Waals surface area contributed by atoms with Crippen LogP contribution in [0.2, 0.25) is 0 Å². The highest BCUT2D eigenvalue weighted by molar-refractivity contribution is 7.89. The molecule has 0 saturated heterocycles. The second kappa shape index (κ2) is 10.2. The Balaban J connectivity index is 1.39. The summed E-state index contributed by atoms with van der Waals surface area (Å²) in [4.78, 5) is 14.2. The molecule has 3 aromatic carbocycles. The first-order valence-corrected chi connectivity index (χ1v) is 14.5. The monoisotopic (exact) mass is 502 g/mol. The lowest BCUT2D eigenvalue weighted by atomic mass is 9.73. The smallest absolute Gasteiger partial charge is 0.235 e. The molecule has 0 spiro atoms. The van der Waals surface area contributed by atoms with Gasteiger partial charge < -0.3 is 5.32 Å². The van der Waals surface area contributed by atoms with Crippen molar-refractivity contribution in [1.29, 1.82) is 0 Å². The van der Waals surface area contributed by atoms with Crippen LogP contribution >= 0.6 is 0 Å². The van der Waals surface area contributed by atoms with Crippen molar-refractivity contribution in [1.82, 2.24) is 5.32 Å². The van der Waals surface area contributed by atoms with Crippen molar-refractivity contribution in [2.45, 2.75) is 55.6 Å². The number of nitrogens with one attached hydrogen (secondary N) is 1. The molecule has 2 aliphatic carbocycles. The average Bonchev–Trinajstić information content (AvgIpc) is 3.19. The molecule has 6 heteroatoms. The number of nitrogens with two attached hydrogens (primary N) is 1. The third kappa shape index (κ3) is 4.72. The van der Waals surface area contributed by atoms with Gasteiger partial charge in [-0.2, -0.15) is 0 Å². The minimum atomic E-state index is -3.49. The summed E-state index contributed by atoms with van der Waals surface area (Å²) < 4.78 is 23.4. The molecule has 0 heterocycles. The molecule has 0 bridgehead atoms. The van der Waals surface area contributed by atoms with Gasteiger partial charge in [-0.15, -0.1) is 0 Å². The Kier molecular flexibility index (Phi) is 7.00. The van der Waals surface area contributed by atoms with E-state index in [4.69, 9.17) is 5.14 Å². The second-order valence-corrected chi connectivity index (χ2v) is 12.1. The Labute approximate surface area is 214 Å².